The average molecular weight is 280 g/mol. The summed E-state index contributed by atoms with van der Waals surface area (Å²) in [5, 5.41) is -0.629. The van der Waals surface area contributed by atoms with Gasteiger partial charge in [0, 0.05) is 12.3 Å². The summed E-state index contributed by atoms with van der Waals surface area (Å²) in [6.07, 6.45) is -1.25. The van der Waals surface area contributed by atoms with E-state index < -0.39 is 22.9 Å². The van der Waals surface area contributed by atoms with Gasteiger partial charge in [-0.3, -0.25) is 0 Å². The summed E-state index contributed by atoms with van der Waals surface area (Å²) < 4.78 is 42.1. The first-order valence-electron chi connectivity index (χ1n) is 4.92. The summed E-state index contributed by atoms with van der Waals surface area (Å²) in [6.45, 7) is 1.81. The molecule has 0 aliphatic rings. The fourth-order valence-electron chi connectivity index (χ4n) is 1.11. The van der Waals surface area contributed by atoms with Crippen LogP contribution in [0, 0.1) is 0 Å². The standard InChI is InChI=1S/C11H9ClF3NO2/c1-2-18-9(17)4-3-7-5-8(11(13,14)15)10(12)16-6-7/h3-6H,2H2,1H3. The highest BCUT2D eigenvalue weighted by atomic mass is 35.5. The van der Waals surface area contributed by atoms with Crippen molar-refractivity contribution in [2.45, 2.75) is 13.1 Å². The zero-order valence-corrected chi connectivity index (χ0v) is 10.0. The fraction of sp³-hybridized carbons (Fsp3) is 0.273. The van der Waals surface area contributed by atoms with Gasteiger partial charge in [0.1, 0.15) is 5.15 Å². The van der Waals surface area contributed by atoms with Crippen LogP contribution in [-0.2, 0) is 15.7 Å². The molecule has 98 valence electrons. The number of carbonyl (C=O) groups excluding carboxylic acids is 1. The van der Waals surface area contributed by atoms with Crippen molar-refractivity contribution in [1.82, 2.24) is 4.98 Å². The van der Waals surface area contributed by atoms with E-state index in [0.29, 0.717) is 0 Å². The number of rotatable bonds is 3. The number of ether oxygens (including phenoxy) is 1. The number of carbonyl (C=O) groups is 1. The molecule has 1 heterocycles. The molecule has 0 unspecified atom stereocenters. The normalized spacial score (nSPS) is 11.8. The molecule has 1 aromatic heterocycles. The van der Waals surface area contributed by atoms with Crippen LogP contribution in [0.3, 0.4) is 0 Å². The SMILES string of the molecule is CCOC(=O)C=Cc1cnc(Cl)c(C(F)(F)F)c1. The zero-order chi connectivity index (χ0) is 13.8. The van der Waals surface area contributed by atoms with Crippen LogP contribution in [0.2, 0.25) is 5.15 Å². The third-order valence-electron chi connectivity index (χ3n) is 1.86. The molecule has 0 atom stereocenters. The molecule has 0 aliphatic carbocycles. The second kappa shape index (κ2) is 5.86. The predicted molar refractivity (Wildman–Crippen MR) is 59.9 cm³/mol. The fourth-order valence-corrected chi connectivity index (χ4v) is 1.32. The lowest BCUT2D eigenvalue weighted by atomic mass is 10.2. The Balaban J connectivity index is 2.96. The molecule has 0 saturated heterocycles. The monoisotopic (exact) mass is 279 g/mol. The molecule has 0 fully saturated rings. The van der Waals surface area contributed by atoms with E-state index in [2.05, 4.69) is 9.72 Å². The van der Waals surface area contributed by atoms with Crippen LogP contribution in [0.25, 0.3) is 6.08 Å². The number of hydrogen-bond donors (Lipinski definition) is 0. The van der Waals surface area contributed by atoms with Gasteiger partial charge < -0.3 is 4.74 Å². The van der Waals surface area contributed by atoms with Crippen molar-refractivity contribution in [3.63, 3.8) is 0 Å². The first-order chi connectivity index (χ1) is 8.34. The van der Waals surface area contributed by atoms with Crippen molar-refractivity contribution in [2.75, 3.05) is 6.61 Å². The molecule has 3 nitrogen and oxygen atoms in total. The van der Waals surface area contributed by atoms with E-state index in [1.54, 1.807) is 6.92 Å². The molecular weight excluding hydrogens is 271 g/mol. The molecule has 0 saturated carbocycles. The maximum Gasteiger partial charge on any atom is 0.419 e. The minimum absolute atomic E-state index is 0.111. The van der Waals surface area contributed by atoms with Crippen molar-refractivity contribution in [2.24, 2.45) is 0 Å². The first kappa shape index (κ1) is 14.5. The summed E-state index contributed by atoms with van der Waals surface area (Å²) in [7, 11) is 0. The molecule has 0 N–H and O–H groups in total. The molecule has 1 aromatic rings. The Morgan fingerprint density at radius 1 is 1.56 bits per heavy atom. The summed E-state index contributed by atoms with van der Waals surface area (Å²) in [5.41, 5.74) is -0.935. The lowest BCUT2D eigenvalue weighted by Crippen LogP contribution is -2.07. The van der Waals surface area contributed by atoms with E-state index in [1.165, 1.54) is 6.08 Å². The highest BCUT2D eigenvalue weighted by Gasteiger charge is 2.34. The summed E-state index contributed by atoms with van der Waals surface area (Å²) >= 11 is 5.35. The van der Waals surface area contributed by atoms with Crippen LogP contribution < -0.4 is 0 Å². The summed E-state index contributed by atoms with van der Waals surface area (Å²) in [5.74, 6) is -0.638. The van der Waals surface area contributed by atoms with E-state index in [1.807, 2.05) is 0 Å². The van der Waals surface area contributed by atoms with Gasteiger partial charge in [-0.15, -0.1) is 0 Å². The Hall–Kier alpha value is -1.56. The van der Waals surface area contributed by atoms with Crippen molar-refractivity contribution in [3.05, 3.63) is 34.6 Å². The molecule has 0 aliphatic heterocycles. The number of nitrogens with zero attached hydrogens (tertiary/aromatic N) is 1. The van der Waals surface area contributed by atoms with Crippen molar-refractivity contribution < 1.29 is 22.7 Å². The Bertz CT molecular complexity index is 472. The second-order valence-electron chi connectivity index (χ2n) is 3.19. The molecule has 18 heavy (non-hydrogen) atoms. The van der Waals surface area contributed by atoms with Gasteiger partial charge in [0.25, 0.3) is 0 Å². The maximum atomic E-state index is 12.5. The molecule has 0 aromatic carbocycles. The highest BCUT2D eigenvalue weighted by molar-refractivity contribution is 6.30. The van der Waals surface area contributed by atoms with Gasteiger partial charge in [-0.05, 0) is 24.6 Å². The molecule has 1 rings (SSSR count). The minimum Gasteiger partial charge on any atom is -0.463 e. The lowest BCUT2D eigenvalue weighted by Gasteiger charge is -2.08. The average Bonchev–Trinajstić information content (AvgIpc) is 2.27. The largest absolute Gasteiger partial charge is 0.463 e. The van der Waals surface area contributed by atoms with Gasteiger partial charge in [-0.1, -0.05) is 11.6 Å². The zero-order valence-electron chi connectivity index (χ0n) is 9.29. The van der Waals surface area contributed by atoms with Gasteiger partial charge in [-0.25, -0.2) is 9.78 Å². The Morgan fingerprint density at radius 3 is 2.78 bits per heavy atom. The Morgan fingerprint density at radius 2 is 2.22 bits per heavy atom. The molecule has 0 spiro atoms. The minimum atomic E-state index is -4.59. The molecule has 7 heteroatoms. The van der Waals surface area contributed by atoms with Gasteiger partial charge in [0.05, 0.1) is 12.2 Å². The molecule has 0 amide bonds. The number of pyridine rings is 1. The van der Waals surface area contributed by atoms with Crippen LogP contribution in [-0.4, -0.2) is 17.6 Å². The number of halogens is 4. The maximum absolute atomic E-state index is 12.5. The van der Waals surface area contributed by atoms with E-state index in [0.717, 1.165) is 18.3 Å². The topological polar surface area (TPSA) is 39.2 Å². The van der Waals surface area contributed by atoms with Crippen LogP contribution in [0.5, 0.6) is 0 Å². The third kappa shape index (κ3) is 4.03. The van der Waals surface area contributed by atoms with E-state index in [-0.39, 0.29) is 12.2 Å². The van der Waals surface area contributed by atoms with E-state index >= 15 is 0 Å². The summed E-state index contributed by atoms with van der Waals surface area (Å²) in [6, 6.07) is 0.811. The number of alkyl halides is 3. The van der Waals surface area contributed by atoms with Gasteiger partial charge in [0.15, 0.2) is 0 Å². The number of esters is 1. The van der Waals surface area contributed by atoms with Crippen LogP contribution in [0.4, 0.5) is 13.2 Å². The van der Waals surface area contributed by atoms with Crippen LogP contribution in [0.15, 0.2) is 18.3 Å². The van der Waals surface area contributed by atoms with Crippen LogP contribution in [0.1, 0.15) is 18.1 Å². The quantitative estimate of drug-likeness (QED) is 0.484. The lowest BCUT2D eigenvalue weighted by molar-refractivity contribution is -0.138. The molecule has 0 bridgehead atoms. The molecular formula is C11H9ClF3NO2. The summed E-state index contributed by atoms with van der Waals surface area (Å²) in [4.78, 5) is 14.4. The van der Waals surface area contributed by atoms with E-state index in [4.69, 9.17) is 11.6 Å². The first-order valence-corrected chi connectivity index (χ1v) is 5.30. The van der Waals surface area contributed by atoms with Gasteiger partial charge >= 0.3 is 12.1 Å². The Labute approximate surface area is 106 Å². The third-order valence-corrected chi connectivity index (χ3v) is 2.17. The van der Waals surface area contributed by atoms with Crippen molar-refractivity contribution in [3.8, 4) is 0 Å². The highest BCUT2D eigenvalue weighted by Crippen LogP contribution is 2.34. The predicted octanol–water partition coefficient (Wildman–Crippen LogP) is 3.33. The van der Waals surface area contributed by atoms with Crippen molar-refractivity contribution >= 4 is 23.6 Å². The number of aromatic nitrogens is 1. The van der Waals surface area contributed by atoms with Crippen molar-refractivity contribution in [1.29, 1.82) is 0 Å². The van der Waals surface area contributed by atoms with Crippen LogP contribution >= 0.6 is 11.6 Å². The van der Waals surface area contributed by atoms with Gasteiger partial charge in [0.2, 0.25) is 0 Å². The Kier molecular flexibility index (Phi) is 4.72. The van der Waals surface area contributed by atoms with E-state index in [9.17, 15) is 18.0 Å². The van der Waals surface area contributed by atoms with Gasteiger partial charge in [-0.2, -0.15) is 13.2 Å². The number of hydrogen-bond acceptors (Lipinski definition) is 3. The molecule has 0 radical (unpaired) electrons. The second-order valence-corrected chi connectivity index (χ2v) is 3.55. The smallest absolute Gasteiger partial charge is 0.419 e.